The second-order valence-electron chi connectivity index (χ2n) is 7.58. The van der Waals surface area contributed by atoms with Crippen molar-refractivity contribution in [2.24, 2.45) is 16.5 Å². The number of ketones is 1. The molecule has 0 aliphatic carbocycles. The van der Waals surface area contributed by atoms with Crippen molar-refractivity contribution in [1.29, 1.82) is 0 Å². The first-order valence-corrected chi connectivity index (χ1v) is 11.2. The van der Waals surface area contributed by atoms with Gasteiger partial charge in [-0.3, -0.25) is 19.4 Å². The number of hydrogen-bond acceptors (Lipinski definition) is 6. The lowest BCUT2D eigenvalue weighted by Gasteiger charge is -2.34. The molecule has 5 N–H and O–H groups in total. The van der Waals surface area contributed by atoms with Crippen molar-refractivity contribution in [1.82, 2.24) is 15.2 Å². The minimum Gasteiger partial charge on any atom is -0.370 e. The Hall–Kier alpha value is -3.01. The number of Topliss-reactive ketones (excluding diaryl/α,β-unsaturated/α-hetero) is 1. The maximum Gasteiger partial charge on any atom is 0.243 e. The van der Waals surface area contributed by atoms with E-state index in [9.17, 15) is 14.4 Å². The predicted molar refractivity (Wildman–Crippen MR) is 121 cm³/mol. The minimum absolute atomic E-state index is 0.0163. The summed E-state index contributed by atoms with van der Waals surface area (Å²) in [4.78, 5) is 48.2. The normalized spacial score (nSPS) is 17.2. The number of nitrogens with zero attached hydrogens (tertiary/aromatic N) is 3. The van der Waals surface area contributed by atoms with Crippen LogP contribution >= 0.6 is 11.3 Å². The highest BCUT2D eigenvalue weighted by Gasteiger charge is 2.33. The first-order valence-electron chi connectivity index (χ1n) is 10.4. The molecule has 166 valence electrons. The van der Waals surface area contributed by atoms with Gasteiger partial charge in [-0.2, -0.15) is 0 Å². The van der Waals surface area contributed by atoms with Gasteiger partial charge in [0.2, 0.25) is 17.6 Å². The number of aromatic nitrogens is 1. The fourth-order valence-corrected chi connectivity index (χ4v) is 4.71. The summed E-state index contributed by atoms with van der Waals surface area (Å²) < 4.78 is 0.909. The quantitative estimate of drug-likeness (QED) is 0.243. The summed E-state index contributed by atoms with van der Waals surface area (Å²) in [5, 5.41) is 3.22. The number of carbonyl (C=O) groups is 3. The van der Waals surface area contributed by atoms with Gasteiger partial charge in [0, 0.05) is 20.0 Å². The number of aliphatic imine (C=N–C) groups is 1. The highest BCUT2D eigenvalue weighted by Crippen LogP contribution is 2.24. The van der Waals surface area contributed by atoms with Crippen LogP contribution in [0.4, 0.5) is 0 Å². The Kier molecular flexibility index (Phi) is 7.56. The van der Waals surface area contributed by atoms with Gasteiger partial charge < -0.3 is 21.7 Å². The van der Waals surface area contributed by atoms with Crippen molar-refractivity contribution < 1.29 is 14.4 Å². The number of amides is 2. The Morgan fingerprint density at radius 2 is 2.06 bits per heavy atom. The zero-order chi connectivity index (χ0) is 22.4. The number of fused-ring (bicyclic) bond motifs is 1. The molecule has 0 spiro atoms. The Morgan fingerprint density at radius 3 is 2.77 bits per heavy atom. The standard InChI is InChI=1S/C21H28N6O3S/c1-13(28)27-12-5-4-9-16(27)19(30)25-15(8-6-11-24-21(22)23)18(29)20-26-14-7-2-3-10-17(14)31-20/h2-3,7,10,15-16H,4-6,8-9,11-12H2,1H3,(H,25,30)(H4,22,23,24). The third-order valence-electron chi connectivity index (χ3n) is 5.29. The summed E-state index contributed by atoms with van der Waals surface area (Å²) >= 11 is 1.30. The van der Waals surface area contributed by atoms with Gasteiger partial charge >= 0.3 is 0 Å². The van der Waals surface area contributed by atoms with E-state index in [0.29, 0.717) is 37.4 Å². The minimum atomic E-state index is -0.766. The Morgan fingerprint density at radius 1 is 1.29 bits per heavy atom. The molecule has 2 unspecified atom stereocenters. The van der Waals surface area contributed by atoms with E-state index in [1.165, 1.54) is 18.3 Å². The van der Waals surface area contributed by atoms with Crippen molar-refractivity contribution in [2.45, 2.75) is 51.1 Å². The first kappa shape index (κ1) is 22.7. The van der Waals surface area contributed by atoms with Gasteiger partial charge in [-0.25, -0.2) is 4.98 Å². The Balaban J connectivity index is 1.77. The third kappa shape index (κ3) is 5.78. The van der Waals surface area contributed by atoms with Gasteiger partial charge in [-0.05, 0) is 44.2 Å². The maximum atomic E-state index is 13.2. The number of carbonyl (C=O) groups excluding carboxylic acids is 3. The van der Waals surface area contributed by atoms with E-state index >= 15 is 0 Å². The van der Waals surface area contributed by atoms with Crippen molar-refractivity contribution in [3.8, 4) is 0 Å². The monoisotopic (exact) mass is 444 g/mol. The Bertz CT molecular complexity index is 951. The highest BCUT2D eigenvalue weighted by atomic mass is 32.1. The van der Waals surface area contributed by atoms with E-state index in [2.05, 4.69) is 15.3 Å². The number of thiazole rings is 1. The van der Waals surface area contributed by atoms with Crippen LogP contribution in [-0.4, -0.2) is 58.6 Å². The summed E-state index contributed by atoms with van der Waals surface area (Å²) in [7, 11) is 0. The lowest BCUT2D eigenvalue weighted by molar-refractivity contribution is -0.140. The van der Waals surface area contributed by atoms with Crippen molar-refractivity contribution >= 4 is 45.1 Å². The molecular formula is C21H28N6O3S. The van der Waals surface area contributed by atoms with E-state index < -0.39 is 12.1 Å². The maximum absolute atomic E-state index is 13.2. The number of nitrogens with two attached hydrogens (primary N) is 2. The molecule has 10 heteroatoms. The van der Waals surface area contributed by atoms with Crippen LogP contribution in [0.15, 0.2) is 29.3 Å². The molecule has 9 nitrogen and oxygen atoms in total. The van der Waals surface area contributed by atoms with E-state index in [4.69, 9.17) is 11.5 Å². The second-order valence-corrected chi connectivity index (χ2v) is 8.62. The number of para-hydroxylation sites is 1. The molecule has 1 aromatic carbocycles. The molecule has 2 aromatic rings. The number of nitrogens with one attached hydrogen (secondary N) is 1. The molecule has 2 heterocycles. The van der Waals surface area contributed by atoms with Crippen LogP contribution in [0, 0.1) is 0 Å². The fraction of sp³-hybridized carbons (Fsp3) is 0.476. The van der Waals surface area contributed by atoms with Gasteiger partial charge in [0.15, 0.2) is 11.0 Å². The zero-order valence-electron chi connectivity index (χ0n) is 17.5. The molecule has 0 radical (unpaired) electrons. The first-order chi connectivity index (χ1) is 14.9. The van der Waals surface area contributed by atoms with Crippen LogP contribution in [0.3, 0.4) is 0 Å². The molecule has 2 atom stereocenters. The van der Waals surface area contributed by atoms with Gasteiger partial charge in [0.25, 0.3) is 0 Å². The van der Waals surface area contributed by atoms with Gasteiger partial charge in [-0.15, -0.1) is 11.3 Å². The van der Waals surface area contributed by atoms with Crippen LogP contribution < -0.4 is 16.8 Å². The lowest BCUT2D eigenvalue weighted by atomic mass is 10.00. The van der Waals surface area contributed by atoms with Crippen LogP contribution in [-0.2, 0) is 9.59 Å². The van der Waals surface area contributed by atoms with Crippen LogP contribution in [0.1, 0.15) is 48.8 Å². The lowest BCUT2D eigenvalue weighted by Crippen LogP contribution is -2.54. The SMILES string of the molecule is CC(=O)N1CCCCC1C(=O)NC(CCCN=C(N)N)C(=O)c1nc2ccccc2s1. The highest BCUT2D eigenvalue weighted by molar-refractivity contribution is 7.20. The topological polar surface area (TPSA) is 144 Å². The largest absolute Gasteiger partial charge is 0.370 e. The molecule has 3 rings (SSSR count). The summed E-state index contributed by atoms with van der Waals surface area (Å²) in [5.74, 6) is -0.709. The molecule has 31 heavy (non-hydrogen) atoms. The number of rotatable bonds is 8. The molecule has 2 amide bonds. The number of piperidine rings is 1. The van der Waals surface area contributed by atoms with Crippen molar-refractivity contribution in [3.63, 3.8) is 0 Å². The van der Waals surface area contributed by atoms with E-state index in [1.807, 2.05) is 24.3 Å². The van der Waals surface area contributed by atoms with Gasteiger partial charge in [0.05, 0.1) is 16.3 Å². The smallest absolute Gasteiger partial charge is 0.243 e. The zero-order valence-corrected chi connectivity index (χ0v) is 18.4. The molecule has 1 aliphatic rings. The van der Waals surface area contributed by atoms with E-state index in [1.54, 1.807) is 4.90 Å². The number of hydrogen-bond donors (Lipinski definition) is 3. The van der Waals surface area contributed by atoms with Crippen molar-refractivity contribution in [3.05, 3.63) is 29.3 Å². The molecule has 1 saturated heterocycles. The Labute approximate surface area is 184 Å². The van der Waals surface area contributed by atoms with Crippen LogP contribution in [0.5, 0.6) is 0 Å². The summed E-state index contributed by atoms with van der Waals surface area (Å²) in [6.07, 6.45) is 3.20. The second kappa shape index (κ2) is 10.3. The number of likely N-dealkylation sites (tertiary alicyclic amines) is 1. The van der Waals surface area contributed by atoms with Crippen LogP contribution in [0.2, 0.25) is 0 Å². The van der Waals surface area contributed by atoms with Gasteiger partial charge in [-0.1, -0.05) is 12.1 Å². The van der Waals surface area contributed by atoms with Crippen LogP contribution in [0.25, 0.3) is 10.2 Å². The molecule has 0 saturated carbocycles. The summed E-state index contributed by atoms with van der Waals surface area (Å²) in [6, 6.07) is 6.19. The van der Waals surface area contributed by atoms with E-state index in [-0.39, 0.29) is 23.6 Å². The average molecular weight is 445 g/mol. The molecular weight excluding hydrogens is 416 g/mol. The van der Waals surface area contributed by atoms with E-state index in [0.717, 1.165) is 23.1 Å². The third-order valence-corrected chi connectivity index (χ3v) is 6.34. The van der Waals surface area contributed by atoms with Gasteiger partial charge in [0.1, 0.15) is 6.04 Å². The van der Waals surface area contributed by atoms with Crippen molar-refractivity contribution in [2.75, 3.05) is 13.1 Å². The average Bonchev–Trinajstić information content (AvgIpc) is 3.19. The number of guanidine groups is 1. The predicted octanol–water partition coefficient (Wildman–Crippen LogP) is 1.42. The molecule has 0 bridgehead atoms. The fourth-order valence-electron chi connectivity index (χ4n) is 3.75. The summed E-state index contributed by atoms with van der Waals surface area (Å²) in [6.45, 7) is 2.36. The molecule has 1 aromatic heterocycles. The number of benzene rings is 1. The molecule has 1 fully saturated rings. The summed E-state index contributed by atoms with van der Waals surface area (Å²) in [5.41, 5.74) is 11.5. The molecule has 1 aliphatic heterocycles.